The third-order valence-corrected chi connectivity index (χ3v) is 7.16. The smallest absolute Gasteiger partial charge is 0.261 e. The summed E-state index contributed by atoms with van der Waals surface area (Å²) in [6.45, 7) is 2.32. The molecule has 8 nitrogen and oxygen atoms in total. The normalized spacial score (nSPS) is 22.4. The highest BCUT2D eigenvalue weighted by atomic mass is 19.1. The van der Waals surface area contributed by atoms with Gasteiger partial charge in [-0.15, -0.1) is 0 Å². The zero-order valence-corrected chi connectivity index (χ0v) is 19.5. The van der Waals surface area contributed by atoms with Crippen LogP contribution in [0.2, 0.25) is 0 Å². The van der Waals surface area contributed by atoms with Gasteiger partial charge in [-0.25, -0.2) is 9.37 Å². The second kappa shape index (κ2) is 10.0. The van der Waals surface area contributed by atoms with Crippen molar-refractivity contribution in [3.8, 4) is 6.07 Å². The lowest BCUT2D eigenvalue weighted by Crippen LogP contribution is -2.59. The highest BCUT2D eigenvalue weighted by Crippen LogP contribution is 2.34. The number of halogens is 1. The summed E-state index contributed by atoms with van der Waals surface area (Å²) in [4.78, 5) is 24.3. The number of benzene rings is 1. The van der Waals surface area contributed by atoms with Gasteiger partial charge < -0.3 is 20.3 Å². The molecule has 0 amide bonds. The number of aromatic nitrogens is 2. The van der Waals surface area contributed by atoms with Gasteiger partial charge in [-0.05, 0) is 50.0 Å². The largest absolute Gasteiger partial charge is 0.394 e. The van der Waals surface area contributed by atoms with E-state index in [2.05, 4.69) is 31.2 Å². The van der Waals surface area contributed by atoms with Crippen LogP contribution < -0.4 is 10.9 Å². The van der Waals surface area contributed by atoms with Gasteiger partial charge in [0.05, 0.1) is 29.9 Å². The van der Waals surface area contributed by atoms with Gasteiger partial charge in [0.15, 0.2) is 0 Å². The number of piperazine rings is 1. The molecule has 3 heterocycles. The minimum atomic E-state index is -0.564. The van der Waals surface area contributed by atoms with Crippen LogP contribution in [0.4, 0.5) is 4.39 Å². The molecule has 0 bridgehead atoms. The first-order valence-corrected chi connectivity index (χ1v) is 12.1. The molecule has 1 aromatic carbocycles. The molecule has 3 aliphatic rings. The number of hydrogen-bond acceptors (Lipinski definition) is 7. The van der Waals surface area contributed by atoms with Gasteiger partial charge in [0, 0.05) is 38.0 Å². The van der Waals surface area contributed by atoms with E-state index in [0.29, 0.717) is 36.3 Å². The van der Waals surface area contributed by atoms with Crippen molar-refractivity contribution in [2.75, 3.05) is 26.2 Å². The predicted molar refractivity (Wildman–Crippen MR) is 130 cm³/mol. The van der Waals surface area contributed by atoms with Crippen LogP contribution in [0.15, 0.2) is 58.2 Å². The molecule has 2 aromatic rings. The third kappa shape index (κ3) is 4.72. The molecule has 35 heavy (non-hydrogen) atoms. The van der Waals surface area contributed by atoms with E-state index in [1.807, 2.05) is 12.2 Å². The Labute approximate surface area is 203 Å². The van der Waals surface area contributed by atoms with E-state index < -0.39 is 11.4 Å². The molecule has 1 aliphatic carbocycles. The summed E-state index contributed by atoms with van der Waals surface area (Å²) in [5.74, 6) is -0.0216. The number of nitrogens with one attached hydrogen (secondary N) is 2. The lowest BCUT2D eigenvalue weighted by Gasteiger charge is -2.47. The number of dihydropyridines is 1. The van der Waals surface area contributed by atoms with Crippen LogP contribution in [0.25, 0.3) is 10.9 Å². The maximum Gasteiger partial charge on any atom is 0.261 e. The van der Waals surface area contributed by atoms with Crippen LogP contribution >= 0.6 is 0 Å². The van der Waals surface area contributed by atoms with Gasteiger partial charge in [0.25, 0.3) is 5.56 Å². The van der Waals surface area contributed by atoms with Crippen molar-refractivity contribution in [1.82, 2.24) is 25.1 Å². The molecule has 1 aromatic heterocycles. The molecule has 0 spiro atoms. The summed E-state index contributed by atoms with van der Waals surface area (Å²) < 4.78 is 14.1. The third-order valence-electron chi connectivity index (χ3n) is 7.16. The molecule has 1 saturated carbocycles. The van der Waals surface area contributed by atoms with Crippen molar-refractivity contribution in [1.29, 1.82) is 5.26 Å². The van der Waals surface area contributed by atoms with Gasteiger partial charge in [-0.3, -0.25) is 9.69 Å². The number of hydrogen-bond donors (Lipinski definition) is 3. The Morgan fingerprint density at radius 3 is 2.86 bits per heavy atom. The van der Waals surface area contributed by atoms with E-state index in [4.69, 9.17) is 5.26 Å². The summed E-state index contributed by atoms with van der Waals surface area (Å²) in [6.07, 6.45) is 10.0. The standard InChI is InChI=1S/C26H29FN6O2/c27-20-5-2-6-21-25(20)26(35)31-23(30-21)9-8-22(18-3-1-4-18)33-12-11-32(15-19(33)16-34)24-10-7-17(13-28)14-29-24/h2,5-7,10,14,19,24,29,34H,1,3-4,8-9,11-12,15-16H2,(H,30,31,35). The first kappa shape index (κ1) is 23.3. The van der Waals surface area contributed by atoms with Crippen molar-refractivity contribution >= 4 is 10.9 Å². The average Bonchev–Trinajstić information content (AvgIpc) is 2.85. The molecular weight excluding hydrogens is 447 g/mol. The Morgan fingerprint density at radius 1 is 1.31 bits per heavy atom. The topological polar surface area (TPSA) is 108 Å². The molecule has 2 aliphatic heterocycles. The minimum absolute atomic E-state index is 0.00428. The Bertz CT molecular complexity index is 1300. The number of aliphatic hydroxyl groups is 1. The van der Waals surface area contributed by atoms with E-state index in [0.717, 1.165) is 32.4 Å². The quantitative estimate of drug-likeness (QED) is 0.587. The molecule has 2 atom stereocenters. The van der Waals surface area contributed by atoms with Gasteiger partial charge >= 0.3 is 0 Å². The molecule has 1 saturated heterocycles. The van der Waals surface area contributed by atoms with Crippen molar-refractivity contribution in [2.24, 2.45) is 0 Å². The maximum atomic E-state index is 14.1. The van der Waals surface area contributed by atoms with Gasteiger partial charge in [-0.1, -0.05) is 11.6 Å². The van der Waals surface area contributed by atoms with Crippen LogP contribution in [-0.2, 0) is 6.42 Å². The Balaban J connectivity index is 1.31. The van der Waals surface area contributed by atoms with Crippen LogP contribution in [0.3, 0.4) is 0 Å². The van der Waals surface area contributed by atoms with E-state index in [1.165, 1.54) is 17.3 Å². The number of aliphatic hydroxyl groups excluding tert-OH is 1. The van der Waals surface area contributed by atoms with E-state index in [1.54, 1.807) is 18.3 Å². The molecule has 0 radical (unpaired) electrons. The molecule has 2 unspecified atom stereocenters. The summed E-state index contributed by atoms with van der Waals surface area (Å²) in [5.41, 5.74) is 3.15. The summed E-state index contributed by atoms with van der Waals surface area (Å²) >= 11 is 0. The van der Waals surface area contributed by atoms with Gasteiger partial charge in [0.1, 0.15) is 23.1 Å². The monoisotopic (exact) mass is 476 g/mol. The number of allylic oxidation sites excluding steroid dienone is 4. The van der Waals surface area contributed by atoms with E-state index in [9.17, 15) is 14.3 Å². The first-order chi connectivity index (χ1) is 17.1. The molecule has 182 valence electrons. The fourth-order valence-electron chi connectivity index (χ4n) is 5.13. The number of fused-ring (bicyclic) bond motifs is 1. The molecule has 9 heteroatoms. The number of nitrogens with zero attached hydrogens (tertiary/aromatic N) is 4. The second-order valence-electron chi connectivity index (χ2n) is 9.26. The predicted octanol–water partition coefficient (Wildman–Crippen LogP) is 2.30. The average molecular weight is 477 g/mol. The van der Waals surface area contributed by atoms with Crippen molar-refractivity contribution in [3.63, 3.8) is 0 Å². The van der Waals surface area contributed by atoms with Gasteiger partial charge in [0.2, 0.25) is 0 Å². The summed E-state index contributed by atoms with van der Waals surface area (Å²) in [6, 6.07) is 6.57. The SMILES string of the molecule is N#CC1=CNC(N2CCN(C(CCc3nc4cccc(F)c4c(=O)[nH]3)=C3CCC3)C(CO)C2)C=C1. The van der Waals surface area contributed by atoms with Crippen molar-refractivity contribution in [3.05, 3.63) is 75.4 Å². The Morgan fingerprint density at radius 2 is 2.17 bits per heavy atom. The van der Waals surface area contributed by atoms with Crippen LogP contribution in [0.1, 0.15) is 31.5 Å². The fourth-order valence-corrected chi connectivity index (χ4v) is 5.13. The molecule has 2 fully saturated rings. The zero-order valence-electron chi connectivity index (χ0n) is 19.5. The summed E-state index contributed by atoms with van der Waals surface area (Å²) in [5, 5.41) is 22.6. The molecule has 5 rings (SSSR count). The molecular formula is C26H29FN6O2. The number of H-pyrrole nitrogens is 1. The lowest BCUT2D eigenvalue weighted by molar-refractivity contribution is 0.0416. The van der Waals surface area contributed by atoms with Crippen LogP contribution in [0.5, 0.6) is 0 Å². The van der Waals surface area contributed by atoms with Crippen molar-refractivity contribution < 1.29 is 9.50 Å². The maximum absolute atomic E-state index is 14.1. The Kier molecular flexibility index (Phi) is 6.66. The zero-order chi connectivity index (χ0) is 24.4. The molecule has 3 N–H and O–H groups in total. The van der Waals surface area contributed by atoms with E-state index in [-0.39, 0.29) is 24.2 Å². The second-order valence-corrected chi connectivity index (χ2v) is 9.26. The first-order valence-electron chi connectivity index (χ1n) is 12.1. The number of aromatic amines is 1. The highest BCUT2D eigenvalue weighted by Gasteiger charge is 2.33. The van der Waals surface area contributed by atoms with E-state index >= 15 is 0 Å². The number of rotatable bonds is 6. The Hall–Kier alpha value is -3.48. The highest BCUT2D eigenvalue weighted by molar-refractivity contribution is 5.77. The fraction of sp³-hybridized carbons (Fsp3) is 0.423. The van der Waals surface area contributed by atoms with Crippen LogP contribution in [0, 0.1) is 17.1 Å². The van der Waals surface area contributed by atoms with Gasteiger partial charge in [-0.2, -0.15) is 5.26 Å². The van der Waals surface area contributed by atoms with Crippen molar-refractivity contribution in [2.45, 2.75) is 44.3 Å². The number of nitriles is 1. The summed E-state index contributed by atoms with van der Waals surface area (Å²) in [7, 11) is 0. The lowest BCUT2D eigenvalue weighted by atomic mass is 9.88. The number of aryl methyl sites for hydroxylation is 1. The minimum Gasteiger partial charge on any atom is -0.394 e. The van der Waals surface area contributed by atoms with Crippen LogP contribution in [-0.4, -0.2) is 63.3 Å².